The van der Waals surface area contributed by atoms with Crippen molar-refractivity contribution in [3.63, 3.8) is 0 Å². The van der Waals surface area contributed by atoms with E-state index < -0.39 is 0 Å². The minimum Gasteiger partial charge on any atom is -0.347 e. The van der Waals surface area contributed by atoms with Crippen LogP contribution < -0.4 is 10.2 Å². The van der Waals surface area contributed by atoms with Crippen molar-refractivity contribution < 1.29 is 0 Å². The van der Waals surface area contributed by atoms with Crippen molar-refractivity contribution in [2.24, 2.45) is 0 Å². The second-order valence-corrected chi connectivity index (χ2v) is 6.96. The number of rotatable bonds is 5. The van der Waals surface area contributed by atoms with Crippen LogP contribution in [0.2, 0.25) is 0 Å². The number of aromatic nitrogens is 1. The van der Waals surface area contributed by atoms with E-state index in [2.05, 4.69) is 45.9 Å². The average Bonchev–Trinajstić information content (AvgIpc) is 3.03. The van der Waals surface area contributed by atoms with Crippen LogP contribution in [0, 0.1) is 0 Å². The van der Waals surface area contributed by atoms with Crippen LogP contribution in [0.4, 0.5) is 5.13 Å². The van der Waals surface area contributed by atoms with E-state index >= 15 is 0 Å². The molecule has 1 atom stereocenters. The van der Waals surface area contributed by atoms with Crippen LogP contribution >= 0.6 is 11.3 Å². The molecule has 4 rings (SSSR count). The first-order valence-electron chi connectivity index (χ1n) is 7.86. The second-order valence-electron chi connectivity index (χ2n) is 6.12. The summed E-state index contributed by atoms with van der Waals surface area (Å²) >= 11 is 1.79. The third-order valence-electron chi connectivity index (χ3n) is 4.42. The second kappa shape index (κ2) is 5.78. The Morgan fingerprint density at radius 1 is 1.19 bits per heavy atom. The highest BCUT2D eigenvalue weighted by Crippen LogP contribution is 2.32. The van der Waals surface area contributed by atoms with E-state index in [1.165, 1.54) is 35.7 Å². The van der Waals surface area contributed by atoms with Crippen molar-refractivity contribution in [1.29, 1.82) is 0 Å². The van der Waals surface area contributed by atoms with Gasteiger partial charge in [-0.2, -0.15) is 0 Å². The van der Waals surface area contributed by atoms with Gasteiger partial charge >= 0.3 is 0 Å². The predicted molar refractivity (Wildman–Crippen MR) is 88.0 cm³/mol. The molecule has 2 fully saturated rings. The summed E-state index contributed by atoms with van der Waals surface area (Å²) in [5.41, 5.74) is 2.66. The standard InChI is InChI=1S/C17H21N3S/c1-2-4-13(5-3-1)14-8-9-20(11-14)17-19-16(12-21-17)10-18-15-6-7-15/h1-5,12,14-15,18H,6-11H2. The van der Waals surface area contributed by atoms with Gasteiger partial charge in [-0.15, -0.1) is 11.3 Å². The van der Waals surface area contributed by atoms with Crippen LogP contribution in [0.5, 0.6) is 0 Å². The van der Waals surface area contributed by atoms with Gasteiger partial charge in [-0.05, 0) is 24.8 Å². The number of anilines is 1. The number of benzene rings is 1. The highest BCUT2D eigenvalue weighted by atomic mass is 32.1. The molecule has 2 aliphatic rings. The van der Waals surface area contributed by atoms with E-state index in [1.807, 2.05) is 0 Å². The molecule has 4 heteroatoms. The van der Waals surface area contributed by atoms with E-state index in [0.717, 1.165) is 25.7 Å². The largest absolute Gasteiger partial charge is 0.347 e. The minimum atomic E-state index is 0.656. The molecule has 1 saturated heterocycles. The summed E-state index contributed by atoms with van der Waals surface area (Å²) in [6.07, 6.45) is 3.91. The third-order valence-corrected chi connectivity index (χ3v) is 5.37. The highest BCUT2D eigenvalue weighted by molar-refractivity contribution is 7.13. The Morgan fingerprint density at radius 3 is 2.86 bits per heavy atom. The van der Waals surface area contributed by atoms with E-state index in [1.54, 1.807) is 11.3 Å². The van der Waals surface area contributed by atoms with Crippen molar-refractivity contribution >= 4 is 16.5 Å². The maximum atomic E-state index is 4.80. The lowest BCUT2D eigenvalue weighted by molar-refractivity contribution is 0.676. The predicted octanol–water partition coefficient (Wildman–Crippen LogP) is 3.39. The Morgan fingerprint density at radius 2 is 2.05 bits per heavy atom. The fourth-order valence-electron chi connectivity index (χ4n) is 2.99. The van der Waals surface area contributed by atoms with Gasteiger partial charge in [0, 0.05) is 37.0 Å². The number of nitrogens with one attached hydrogen (secondary N) is 1. The molecule has 1 unspecified atom stereocenters. The van der Waals surface area contributed by atoms with Crippen LogP contribution in [0.1, 0.15) is 36.4 Å². The molecular formula is C17H21N3S. The first-order chi connectivity index (χ1) is 10.4. The van der Waals surface area contributed by atoms with Gasteiger partial charge in [-0.1, -0.05) is 30.3 Å². The quantitative estimate of drug-likeness (QED) is 0.917. The molecule has 2 aromatic rings. The first-order valence-corrected chi connectivity index (χ1v) is 8.74. The van der Waals surface area contributed by atoms with Crippen molar-refractivity contribution in [1.82, 2.24) is 10.3 Å². The maximum absolute atomic E-state index is 4.80. The molecule has 1 aliphatic carbocycles. The third kappa shape index (κ3) is 3.11. The Bertz CT molecular complexity index is 591. The SMILES string of the molecule is c1ccc(C2CCN(c3nc(CNC4CC4)cs3)C2)cc1. The lowest BCUT2D eigenvalue weighted by Crippen LogP contribution is -2.19. The van der Waals surface area contributed by atoms with E-state index in [-0.39, 0.29) is 0 Å². The minimum absolute atomic E-state index is 0.656. The zero-order valence-electron chi connectivity index (χ0n) is 12.2. The maximum Gasteiger partial charge on any atom is 0.185 e. The molecule has 1 saturated carbocycles. The molecule has 1 aromatic carbocycles. The van der Waals surface area contributed by atoms with Gasteiger partial charge in [0.2, 0.25) is 0 Å². The van der Waals surface area contributed by atoms with Gasteiger partial charge in [0.15, 0.2) is 5.13 Å². The Kier molecular flexibility index (Phi) is 3.65. The summed E-state index contributed by atoms with van der Waals surface area (Å²) in [7, 11) is 0. The molecule has 0 spiro atoms. The Labute approximate surface area is 130 Å². The molecule has 1 N–H and O–H groups in total. The summed E-state index contributed by atoms with van der Waals surface area (Å²) in [5, 5.41) is 6.94. The van der Waals surface area contributed by atoms with Gasteiger partial charge in [0.05, 0.1) is 5.69 Å². The van der Waals surface area contributed by atoms with Crippen LogP contribution in [0.3, 0.4) is 0 Å². The smallest absolute Gasteiger partial charge is 0.185 e. The number of hydrogen-bond acceptors (Lipinski definition) is 4. The van der Waals surface area contributed by atoms with E-state index in [9.17, 15) is 0 Å². The molecule has 0 bridgehead atoms. The van der Waals surface area contributed by atoms with Crippen LogP contribution in [-0.4, -0.2) is 24.1 Å². The van der Waals surface area contributed by atoms with E-state index in [0.29, 0.717) is 5.92 Å². The molecule has 0 radical (unpaired) electrons. The number of thiazole rings is 1. The molecular weight excluding hydrogens is 278 g/mol. The van der Waals surface area contributed by atoms with Gasteiger partial charge in [-0.25, -0.2) is 4.98 Å². The van der Waals surface area contributed by atoms with Gasteiger partial charge in [-0.3, -0.25) is 0 Å². The average molecular weight is 299 g/mol. The number of nitrogens with zero attached hydrogens (tertiary/aromatic N) is 2. The first kappa shape index (κ1) is 13.3. The van der Waals surface area contributed by atoms with Crippen LogP contribution in [0.15, 0.2) is 35.7 Å². The van der Waals surface area contributed by atoms with Crippen molar-refractivity contribution in [2.45, 2.75) is 37.8 Å². The molecule has 0 amide bonds. The Balaban J connectivity index is 1.38. The van der Waals surface area contributed by atoms with Crippen LogP contribution in [-0.2, 0) is 6.54 Å². The molecule has 1 aromatic heterocycles. The zero-order chi connectivity index (χ0) is 14.1. The highest BCUT2D eigenvalue weighted by Gasteiger charge is 2.26. The molecule has 21 heavy (non-hydrogen) atoms. The van der Waals surface area contributed by atoms with Crippen molar-refractivity contribution in [2.75, 3.05) is 18.0 Å². The van der Waals surface area contributed by atoms with Crippen LogP contribution in [0.25, 0.3) is 0 Å². The topological polar surface area (TPSA) is 28.2 Å². The van der Waals surface area contributed by atoms with Gasteiger partial charge in [0.1, 0.15) is 0 Å². The fraction of sp³-hybridized carbons (Fsp3) is 0.471. The summed E-state index contributed by atoms with van der Waals surface area (Å²) in [5.74, 6) is 0.656. The number of hydrogen-bond donors (Lipinski definition) is 1. The summed E-state index contributed by atoms with van der Waals surface area (Å²) in [6, 6.07) is 11.6. The molecule has 1 aliphatic heterocycles. The monoisotopic (exact) mass is 299 g/mol. The lowest BCUT2D eigenvalue weighted by atomic mass is 9.99. The fourth-order valence-corrected chi connectivity index (χ4v) is 3.85. The summed E-state index contributed by atoms with van der Waals surface area (Å²) in [6.45, 7) is 3.16. The normalized spacial score (nSPS) is 21.9. The molecule has 3 nitrogen and oxygen atoms in total. The summed E-state index contributed by atoms with van der Waals surface area (Å²) in [4.78, 5) is 7.25. The molecule has 2 heterocycles. The summed E-state index contributed by atoms with van der Waals surface area (Å²) < 4.78 is 0. The van der Waals surface area contributed by atoms with E-state index in [4.69, 9.17) is 4.98 Å². The van der Waals surface area contributed by atoms with Crippen molar-refractivity contribution in [3.05, 3.63) is 47.0 Å². The zero-order valence-corrected chi connectivity index (χ0v) is 13.0. The van der Waals surface area contributed by atoms with Crippen molar-refractivity contribution in [3.8, 4) is 0 Å². The van der Waals surface area contributed by atoms with Gasteiger partial charge < -0.3 is 10.2 Å². The van der Waals surface area contributed by atoms with Gasteiger partial charge in [0.25, 0.3) is 0 Å². The molecule has 110 valence electrons. The lowest BCUT2D eigenvalue weighted by Gasteiger charge is -2.15. The Hall–Kier alpha value is -1.39.